The molecule has 0 radical (unpaired) electrons. The molecular formula is C12H12N2O4. The van der Waals surface area contributed by atoms with E-state index in [-0.39, 0.29) is 12.5 Å². The van der Waals surface area contributed by atoms with Crippen LogP contribution in [0.25, 0.3) is 0 Å². The third-order valence-electron chi connectivity index (χ3n) is 2.56. The summed E-state index contributed by atoms with van der Waals surface area (Å²) in [5.74, 6) is -0.839. The van der Waals surface area contributed by atoms with E-state index in [2.05, 4.69) is 10.2 Å². The Morgan fingerprint density at radius 3 is 2.83 bits per heavy atom. The summed E-state index contributed by atoms with van der Waals surface area (Å²) in [6, 6.07) is 5.70. The first-order valence-electron chi connectivity index (χ1n) is 5.32. The normalized spacial score (nSPS) is 10.3. The number of carboxylic acid groups (broad SMARTS) is 1. The number of carboxylic acids is 1. The molecule has 0 aliphatic carbocycles. The maximum Gasteiger partial charge on any atom is 0.393 e. The van der Waals surface area contributed by atoms with Gasteiger partial charge in [-0.2, -0.15) is 0 Å². The molecule has 6 nitrogen and oxygen atoms in total. The van der Waals surface area contributed by atoms with Gasteiger partial charge >= 0.3 is 11.9 Å². The Balaban J connectivity index is 2.07. The number of hydrogen-bond donors (Lipinski definition) is 1. The molecule has 0 atom stereocenters. The molecule has 94 valence electrons. The molecule has 1 aromatic carbocycles. The fourth-order valence-electron chi connectivity index (χ4n) is 1.42. The third kappa shape index (κ3) is 2.48. The zero-order valence-corrected chi connectivity index (χ0v) is 10.0. The minimum atomic E-state index is -1.25. The number of aryl methyl sites for hydroxylation is 1. The van der Waals surface area contributed by atoms with Crippen LogP contribution in [-0.2, 0) is 6.61 Å². The van der Waals surface area contributed by atoms with Crippen LogP contribution >= 0.6 is 0 Å². The van der Waals surface area contributed by atoms with Crippen molar-refractivity contribution in [1.82, 2.24) is 10.2 Å². The topological polar surface area (TPSA) is 85.5 Å². The van der Waals surface area contributed by atoms with Crippen molar-refractivity contribution in [3.8, 4) is 5.75 Å². The van der Waals surface area contributed by atoms with Crippen molar-refractivity contribution in [3.63, 3.8) is 0 Å². The summed E-state index contributed by atoms with van der Waals surface area (Å²) in [6.45, 7) is 3.98. The third-order valence-corrected chi connectivity index (χ3v) is 2.56. The van der Waals surface area contributed by atoms with Gasteiger partial charge in [0.1, 0.15) is 5.75 Å². The molecule has 0 aliphatic heterocycles. The van der Waals surface area contributed by atoms with E-state index in [0.29, 0.717) is 5.75 Å². The summed E-state index contributed by atoms with van der Waals surface area (Å²) in [5.41, 5.74) is 2.14. The van der Waals surface area contributed by atoms with Crippen molar-refractivity contribution in [2.75, 3.05) is 0 Å². The lowest BCUT2D eigenvalue weighted by Gasteiger charge is -2.08. The van der Waals surface area contributed by atoms with Crippen molar-refractivity contribution >= 4 is 5.97 Å². The first-order valence-corrected chi connectivity index (χ1v) is 5.32. The van der Waals surface area contributed by atoms with Crippen LogP contribution in [0, 0.1) is 13.8 Å². The highest BCUT2D eigenvalue weighted by Crippen LogP contribution is 2.21. The van der Waals surface area contributed by atoms with Gasteiger partial charge in [-0.05, 0) is 31.0 Å². The Morgan fingerprint density at radius 1 is 1.39 bits per heavy atom. The molecule has 0 fully saturated rings. The van der Waals surface area contributed by atoms with Crippen molar-refractivity contribution in [2.45, 2.75) is 20.5 Å². The van der Waals surface area contributed by atoms with E-state index in [9.17, 15) is 4.79 Å². The summed E-state index contributed by atoms with van der Waals surface area (Å²) in [5, 5.41) is 15.6. The number of rotatable bonds is 4. The summed E-state index contributed by atoms with van der Waals surface area (Å²) in [6.07, 6.45) is 0. The summed E-state index contributed by atoms with van der Waals surface area (Å²) >= 11 is 0. The van der Waals surface area contributed by atoms with Crippen LogP contribution in [-0.4, -0.2) is 21.3 Å². The molecule has 2 rings (SSSR count). The molecule has 0 saturated heterocycles. The van der Waals surface area contributed by atoms with E-state index in [0.717, 1.165) is 11.1 Å². The van der Waals surface area contributed by atoms with Gasteiger partial charge in [-0.1, -0.05) is 12.1 Å². The van der Waals surface area contributed by atoms with Crippen LogP contribution in [0.1, 0.15) is 27.7 Å². The Kier molecular flexibility index (Phi) is 3.27. The fourth-order valence-corrected chi connectivity index (χ4v) is 1.42. The number of carbonyl (C=O) groups is 1. The first kappa shape index (κ1) is 12.1. The lowest BCUT2D eigenvalue weighted by Crippen LogP contribution is -1.98. The van der Waals surface area contributed by atoms with Gasteiger partial charge < -0.3 is 14.3 Å². The molecular weight excluding hydrogens is 236 g/mol. The number of ether oxygens (including phenoxy) is 1. The fraction of sp³-hybridized carbons (Fsp3) is 0.250. The lowest BCUT2D eigenvalue weighted by molar-refractivity contribution is 0.0649. The van der Waals surface area contributed by atoms with Crippen molar-refractivity contribution in [3.05, 3.63) is 41.1 Å². The molecule has 2 aromatic rings. The van der Waals surface area contributed by atoms with Crippen LogP contribution in [0.2, 0.25) is 0 Å². The van der Waals surface area contributed by atoms with Crippen LogP contribution in [0.3, 0.4) is 0 Å². The molecule has 0 amide bonds. The minimum absolute atomic E-state index is 0.0462. The number of aromatic carboxylic acids is 1. The van der Waals surface area contributed by atoms with Crippen LogP contribution in [0.15, 0.2) is 22.6 Å². The smallest absolute Gasteiger partial charge is 0.393 e. The van der Waals surface area contributed by atoms with Crippen LogP contribution in [0.4, 0.5) is 0 Å². The number of aromatic nitrogens is 2. The first-order chi connectivity index (χ1) is 8.58. The van der Waals surface area contributed by atoms with Gasteiger partial charge in [0.15, 0.2) is 6.61 Å². The molecule has 1 aromatic heterocycles. The highest BCUT2D eigenvalue weighted by atomic mass is 16.5. The average molecular weight is 248 g/mol. The highest BCUT2D eigenvalue weighted by molar-refractivity contribution is 5.81. The maximum absolute atomic E-state index is 10.6. The average Bonchev–Trinajstić information content (AvgIpc) is 2.80. The van der Waals surface area contributed by atoms with E-state index < -0.39 is 11.9 Å². The molecule has 0 bridgehead atoms. The van der Waals surface area contributed by atoms with E-state index >= 15 is 0 Å². The molecule has 1 heterocycles. The summed E-state index contributed by atoms with van der Waals surface area (Å²) in [4.78, 5) is 10.6. The van der Waals surface area contributed by atoms with Gasteiger partial charge in [0.2, 0.25) is 0 Å². The molecule has 0 saturated carbocycles. The summed E-state index contributed by atoms with van der Waals surface area (Å²) < 4.78 is 10.4. The second-order valence-corrected chi connectivity index (χ2v) is 3.79. The molecule has 18 heavy (non-hydrogen) atoms. The Hall–Kier alpha value is -2.37. The quantitative estimate of drug-likeness (QED) is 0.890. The highest BCUT2D eigenvalue weighted by Gasteiger charge is 2.13. The second-order valence-electron chi connectivity index (χ2n) is 3.79. The molecule has 1 N–H and O–H groups in total. The SMILES string of the molecule is Cc1cccc(OCc2nnc(C(=O)O)o2)c1C. The van der Waals surface area contributed by atoms with Crippen molar-refractivity contribution < 1.29 is 19.1 Å². The molecule has 6 heteroatoms. The maximum atomic E-state index is 10.6. The van der Waals surface area contributed by atoms with Crippen LogP contribution < -0.4 is 4.74 Å². The molecule has 0 aliphatic rings. The Morgan fingerprint density at radius 2 is 2.17 bits per heavy atom. The zero-order chi connectivity index (χ0) is 13.1. The van der Waals surface area contributed by atoms with Crippen molar-refractivity contribution in [1.29, 1.82) is 0 Å². The van der Waals surface area contributed by atoms with E-state index in [4.69, 9.17) is 14.3 Å². The predicted octanol–water partition coefficient (Wildman–Crippen LogP) is 1.96. The minimum Gasteiger partial charge on any atom is -0.484 e. The molecule has 0 unspecified atom stereocenters. The molecule has 0 spiro atoms. The zero-order valence-electron chi connectivity index (χ0n) is 10.0. The second kappa shape index (κ2) is 4.87. The van der Waals surface area contributed by atoms with E-state index in [1.807, 2.05) is 32.0 Å². The Bertz CT molecular complexity index is 577. The lowest BCUT2D eigenvalue weighted by atomic mass is 10.1. The number of hydrogen-bond acceptors (Lipinski definition) is 5. The van der Waals surface area contributed by atoms with Crippen molar-refractivity contribution in [2.24, 2.45) is 0 Å². The van der Waals surface area contributed by atoms with Gasteiger partial charge in [0.05, 0.1) is 0 Å². The monoisotopic (exact) mass is 248 g/mol. The van der Waals surface area contributed by atoms with Gasteiger partial charge in [-0.15, -0.1) is 10.2 Å². The largest absolute Gasteiger partial charge is 0.484 e. The Labute approximate surface area is 103 Å². The number of benzene rings is 1. The predicted molar refractivity (Wildman–Crippen MR) is 61.5 cm³/mol. The van der Waals surface area contributed by atoms with Gasteiger partial charge in [-0.3, -0.25) is 0 Å². The van der Waals surface area contributed by atoms with Gasteiger partial charge in [0.25, 0.3) is 5.89 Å². The summed E-state index contributed by atoms with van der Waals surface area (Å²) in [7, 11) is 0. The van der Waals surface area contributed by atoms with Gasteiger partial charge in [-0.25, -0.2) is 4.79 Å². The van der Waals surface area contributed by atoms with E-state index in [1.165, 1.54) is 0 Å². The van der Waals surface area contributed by atoms with E-state index in [1.54, 1.807) is 0 Å². The van der Waals surface area contributed by atoms with Gasteiger partial charge in [0, 0.05) is 0 Å². The standard InChI is InChI=1S/C12H12N2O4/c1-7-4-3-5-9(8(7)2)17-6-10-13-14-11(18-10)12(15)16/h3-5H,6H2,1-2H3,(H,15,16). The van der Waals surface area contributed by atoms with Crippen LogP contribution in [0.5, 0.6) is 5.75 Å². The number of nitrogens with zero attached hydrogens (tertiary/aromatic N) is 2.